The maximum Gasteiger partial charge on any atom is 0.305 e. The van der Waals surface area contributed by atoms with Gasteiger partial charge in [0.1, 0.15) is 0 Å². The Labute approximate surface area is 329 Å². The molecule has 0 aromatic heterocycles. The lowest BCUT2D eigenvalue weighted by atomic mass is 10.0. The topological polar surface area (TPSA) is 95.9 Å². The van der Waals surface area contributed by atoms with Gasteiger partial charge >= 0.3 is 5.97 Å². The lowest BCUT2D eigenvalue weighted by Gasteiger charge is -2.20. The zero-order chi connectivity index (χ0) is 38.7. The number of aliphatic hydroxyl groups is 2. The molecule has 312 valence electrons. The number of aliphatic hydroxyl groups excluding tert-OH is 2. The standard InChI is InChI=1S/C47H89NO5/c1-3-5-7-9-11-13-15-17-18-19-21-25-29-33-37-41-47(52)53-42-38-34-30-26-22-24-28-32-36-40-46(51)48-44(43-49)45(50)39-35-31-27-23-20-16-14-12-10-8-6-4-2/h17-18,35,39,44-45,49-50H,3-16,19-34,36-38,40-43H2,1-2H3,(H,48,51)/b18-17-,39-35+. The smallest absolute Gasteiger partial charge is 0.305 e. The zero-order valence-electron chi connectivity index (χ0n) is 35.2. The molecular formula is C47H89NO5. The molecule has 3 N–H and O–H groups in total. The maximum absolute atomic E-state index is 12.4. The molecule has 0 spiro atoms. The van der Waals surface area contributed by atoms with E-state index in [-0.39, 0.29) is 18.5 Å². The average molecular weight is 748 g/mol. The summed E-state index contributed by atoms with van der Waals surface area (Å²) < 4.78 is 5.43. The third-order valence-corrected chi connectivity index (χ3v) is 10.5. The highest BCUT2D eigenvalue weighted by Gasteiger charge is 2.18. The van der Waals surface area contributed by atoms with Crippen LogP contribution in [0.1, 0.15) is 239 Å². The van der Waals surface area contributed by atoms with Crippen LogP contribution >= 0.6 is 0 Å². The van der Waals surface area contributed by atoms with Gasteiger partial charge in [0, 0.05) is 12.8 Å². The second-order valence-corrected chi connectivity index (χ2v) is 15.7. The summed E-state index contributed by atoms with van der Waals surface area (Å²) in [5, 5.41) is 22.9. The van der Waals surface area contributed by atoms with Gasteiger partial charge in [-0.2, -0.15) is 0 Å². The minimum absolute atomic E-state index is 0.0361. The Morgan fingerprint density at radius 1 is 0.509 bits per heavy atom. The van der Waals surface area contributed by atoms with E-state index in [1.807, 2.05) is 6.08 Å². The van der Waals surface area contributed by atoms with Crippen molar-refractivity contribution in [1.82, 2.24) is 5.32 Å². The van der Waals surface area contributed by atoms with Crippen molar-refractivity contribution < 1.29 is 24.5 Å². The number of hydrogen-bond acceptors (Lipinski definition) is 5. The molecule has 53 heavy (non-hydrogen) atoms. The van der Waals surface area contributed by atoms with Gasteiger partial charge in [0.15, 0.2) is 0 Å². The van der Waals surface area contributed by atoms with Crippen LogP contribution < -0.4 is 5.32 Å². The van der Waals surface area contributed by atoms with Gasteiger partial charge in [-0.15, -0.1) is 0 Å². The molecule has 2 atom stereocenters. The molecule has 0 saturated carbocycles. The first-order valence-electron chi connectivity index (χ1n) is 23.1. The fourth-order valence-electron chi connectivity index (χ4n) is 6.86. The largest absolute Gasteiger partial charge is 0.466 e. The van der Waals surface area contributed by atoms with Crippen molar-refractivity contribution >= 4 is 11.9 Å². The van der Waals surface area contributed by atoms with Crippen LogP contribution in [0.5, 0.6) is 0 Å². The minimum atomic E-state index is -0.860. The first kappa shape index (κ1) is 51.3. The molecule has 0 radical (unpaired) electrons. The fourth-order valence-corrected chi connectivity index (χ4v) is 6.86. The predicted octanol–water partition coefficient (Wildman–Crippen LogP) is 13.2. The van der Waals surface area contributed by atoms with Gasteiger partial charge < -0.3 is 20.3 Å². The zero-order valence-corrected chi connectivity index (χ0v) is 35.2. The summed E-state index contributed by atoms with van der Waals surface area (Å²) in [5.74, 6) is -0.134. The van der Waals surface area contributed by atoms with Gasteiger partial charge in [0.25, 0.3) is 0 Å². The second-order valence-electron chi connectivity index (χ2n) is 15.7. The van der Waals surface area contributed by atoms with Gasteiger partial charge in [-0.05, 0) is 57.8 Å². The molecule has 0 aromatic carbocycles. The van der Waals surface area contributed by atoms with Crippen LogP contribution in [0.15, 0.2) is 24.3 Å². The molecule has 0 aliphatic carbocycles. The van der Waals surface area contributed by atoms with E-state index in [1.165, 1.54) is 154 Å². The summed E-state index contributed by atoms with van der Waals surface area (Å²) in [6.07, 6.45) is 48.7. The normalized spacial score (nSPS) is 12.9. The van der Waals surface area contributed by atoms with E-state index < -0.39 is 12.1 Å². The van der Waals surface area contributed by atoms with Crippen molar-refractivity contribution in [2.24, 2.45) is 0 Å². The molecule has 0 bridgehead atoms. The molecule has 2 unspecified atom stereocenters. The Kier molecular flexibility index (Phi) is 41.7. The van der Waals surface area contributed by atoms with Gasteiger partial charge in [0.2, 0.25) is 5.91 Å². The highest BCUT2D eigenvalue weighted by molar-refractivity contribution is 5.76. The van der Waals surface area contributed by atoms with Crippen LogP contribution in [0.3, 0.4) is 0 Å². The lowest BCUT2D eigenvalue weighted by Crippen LogP contribution is -2.45. The number of ether oxygens (including phenoxy) is 1. The molecule has 6 heteroatoms. The highest BCUT2D eigenvalue weighted by Crippen LogP contribution is 2.14. The van der Waals surface area contributed by atoms with E-state index in [0.717, 1.165) is 57.8 Å². The number of amides is 1. The summed E-state index contributed by atoms with van der Waals surface area (Å²) in [7, 11) is 0. The average Bonchev–Trinajstić information content (AvgIpc) is 3.16. The van der Waals surface area contributed by atoms with Crippen molar-refractivity contribution in [2.75, 3.05) is 13.2 Å². The van der Waals surface area contributed by atoms with Gasteiger partial charge in [-0.25, -0.2) is 0 Å². The van der Waals surface area contributed by atoms with Crippen LogP contribution in [-0.2, 0) is 14.3 Å². The van der Waals surface area contributed by atoms with E-state index >= 15 is 0 Å². The third kappa shape index (κ3) is 39.8. The Balaban J connectivity index is 3.53. The quantitative estimate of drug-likeness (QED) is 0.0328. The van der Waals surface area contributed by atoms with E-state index in [0.29, 0.717) is 19.4 Å². The molecule has 0 rings (SSSR count). The van der Waals surface area contributed by atoms with E-state index in [2.05, 4.69) is 31.3 Å². The number of unbranched alkanes of at least 4 members (excludes halogenated alkanes) is 29. The third-order valence-electron chi connectivity index (χ3n) is 10.5. The highest BCUT2D eigenvalue weighted by atomic mass is 16.5. The lowest BCUT2D eigenvalue weighted by molar-refractivity contribution is -0.143. The van der Waals surface area contributed by atoms with Crippen molar-refractivity contribution in [2.45, 2.75) is 251 Å². The fraction of sp³-hybridized carbons (Fsp3) is 0.872. The molecule has 0 aliphatic heterocycles. The Bertz CT molecular complexity index is 828. The Morgan fingerprint density at radius 3 is 1.34 bits per heavy atom. The van der Waals surface area contributed by atoms with Gasteiger partial charge in [-0.3, -0.25) is 9.59 Å². The van der Waals surface area contributed by atoms with Crippen LogP contribution in [0, 0.1) is 0 Å². The number of nitrogens with one attached hydrogen (secondary N) is 1. The predicted molar refractivity (Wildman–Crippen MR) is 227 cm³/mol. The second kappa shape index (κ2) is 43.1. The van der Waals surface area contributed by atoms with E-state index in [1.54, 1.807) is 6.08 Å². The van der Waals surface area contributed by atoms with Crippen molar-refractivity contribution in [3.05, 3.63) is 24.3 Å². The van der Waals surface area contributed by atoms with Crippen molar-refractivity contribution in [3.63, 3.8) is 0 Å². The number of esters is 1. The molecule has 0 aliphatic rings. The number of carbonyl (C=O) groups excluding carboxylic acids is 2. The monoisotopic (exact) mass is 748 g/mol. The Morgan fingerprint density at radius 2 is 0.887 bits per heavy atom. The molecule has 0 aromatic rings. The number of allylic oxidation sites excluding steroid dienone is 3. The molecule has 0 heterocycles. The number of carbonyl (C=O) groups is 2. The summed E-state index contributed by atoms with van der Waals surface area (Å²) in [6, 6.07) is -0.646. The van der Waals surface area contributed by atoms with Crippen LogP contribution in [0.25, 0.3) is 0 Å². The van der Waals surface area contributed by atoms with Crippen molar-refractivity contribution in [1.29, 1.82) is 0 Å². The van der Waals surface area contributed by atoms with E-state index in [4.69, 9.17) is 4.74 Å². The van der Waals surface area contributed by atoms with E-state index in [9.17, 15) is 19.8 Å². The van der Waals surface area contributed by atoms with Gasteiger partial charge in [0.05, 0.1) is 25.4 Å². The molecule has 6 nitrogen and oxygen atoms in total. The van der Waals surface area contributed by atoms with Crippen LogP contribution in [0.4, 0.5) is 0 Å². The molecule has 0 saturated heterocycles. The molecule has 0 fully saturated rings. The summed E-state index contributed by atoms with van der Waals surface area (Å²) >= 11 is 0. The minimum Gasteiger partial charge on any atom is -0.466 e. The van der Waals surface area contributed by atoms with Crippen molar-refractivity contribution in [3.8, 4) is 0 Å². The maximum atomic E-state index is 12.4. The number of hydrogen-bond donors (Lipinski definition) is 3. The Hall–Kier alpha value is -1.66. The summed E-state index contributed by atoms with van der Waals surface area (Å²) in [6.45, 7) is 4.81. The van der Waals surface area contributed by atoms with Crippen LogP contribution in [-0.4, -0.2) is 47.4 Å². The van der Waals surface area contributed by atoms with Crippen LogP contribution in [0.2, 0.25) is 0 Å². The first-order valence-corrected chi connectivity index (χ1v) is 23.1. The number of rotatable bonds is 42. The molecular weight excluding hydrogens is 659 g/mol. The summed E-state index contributed by atoms with van der Waals surface area (Å²) in [5.41, 5.74) is 0. The first-order chi connectivity index (χ1) is 26.0. The van der Waals surface area contributed by atoms with Gasteiger partial charge in [-0.1, -0.05) is 192 Å². The summed E-state index contributed by atoms with van der Waals surface area (Å²) in [4.78, 5) is 24.4. The SMILES string of the molecule is CCCCCCCC/C=C\CCCCCCCC(=O)OCCCCCCCCCCCC(=O)NC(CO)C(O)/C=C/CCCCCCCCCCCC. The molecule has 1 amide bonds.